The molecule has 0 bridgehead atoms. The Morgan fingerprint density at radius 3 is 2.81 bits per heavy atom. The molecule has 2 aromatic rings. The maximum absolute atomic E-state index is 12.8. The average Bonchev–Trinajstić information content (AvgIpc) is 3.11. The van der Waals surface area contributed by atoms with E-state index in [1.807, 2.05) is 42.0 Å². The number of benzene rings is 1. The third-order valence-corrected chi connectivity index (χ3v) is 4.16. The van der Waals surface area contributed by atoms with Gasteiger partial charge < -0.3 is 14.6 Å². The number of amides is 1. The molecule has 1 atom stereocenters. The largest absolute Gasteiger partial charge is 0.480 e. The lowest BCUT2D eigenvalue weighted by Crippen LogP contribution is -2.40. The van der Waals surface area contributed by atoms with Crippen LogP contribution >= 0.6 is 0 Å². The molecule has 0 aliphatic carbocycles. The molecule has 1 aromatic carbocycles. The Kier molecular flexibility index (Phi) is 3.41. The Morgan fingerprint density at radius 2 is 2.10 bits per heavy atom. The molecule has 1 N–H and O–H groups in total. The van der Waals surface area contributed by atoms with E-state index in [4.69, 9.17) is 0 Å². The SMILES string of the molecule is CCn1cc(C(=O)N2CCC[C@H]2C(=O)O)c2ccccc21. The number of nitrogens with zero attached hydrogens (tertiary/aromatic N) is 2. The molecular weight excluding hydrogens is 268 g/mol. The lowest BCUT2D eigenvalue weighted by Gasteiger charge is -2.21. The van der Waals surface area contributed by atoms with Crippen molar-refractivity contribution in [2.24, 2.45) is 0 Å². The molecule has 5 heteroatoms. The number of carboxylic acids is 1. The Labute approximate surface area is 122 Å². The van der Waals surface area contributed by atoms with E-state index in [0.29, 0.717) is 18.5 Å². The van der Waals surface area contributed by atoms with Crippen LogP contribution in [0.1, 0.15) is 30.1 Å². The fraction of sp³-hybridized carbons (Fsp3) is 0.375. The number of rotatable bonds is 3. The van der Waals surface area contributed by atoms with Gasteiger partial charge in [0.1, 0.15) is 6.04 Å². The fourth-order valence-corrected chi connectivity index (χ4v) is 3.10. The maximum Gasteiger partial charge on any atom is 0.326 e. The zero-order valence-corrected chi connectivity index (χ0v) is 12.0. The van der Waals surface area contributed by atoms with Crippen molar-refractivity contribution in [3.05, 3.63) is 36.0 Å². The first kappa shape index (κ1) is 13.7. The lowest BCUT2D eigenvalue weighted by molar-refractivity contribution is -0.141. The molecule has 0 radical (unpaired) electrons. The fourth-order valence-electron chi connectivity index (χ4n) is 3.10. The second-order valence-electron chi connectivity index (χ2n) is 5.34. The minimum absolute atomic E-state index is 0.177. The van der Waals surface area contributed by atoms with Crippen LogP contribution in [-0.4, -0.2) is 39.0 Å². The molecule has 1 saturated heterocycles. The number of carbonyl (C=O) groups excluding carboxylic acids is 1. The smallest absolute Gasteiger partial charge is 0.326 e. The summed E-state index contributed by atoms with van der Waals surface area (Å²) >= 11 is 0. The molecule has 0 unspecified atom stereocenters. The first-order valence-electron chi connectivity index (χ1n) is 7.25. The number of hydrogen-bond donors (Lipinski definition) is 1. The first-order valence-corrected chi connectivity index (χ1v) is 7.25. The summed E-state index contributed by atoms with van der Waals surface area (Å²) in [6.45, 7) is 3.31. The van der Waals surface area contributed by atoms with Crippen LogP contribution in [0.25, 0.3) is 10.9 Å². The highest BCUT2D eigenvalue weighted by Gasteiger charge is 2.35. The van der Waals surface area contributed by atoms with E-state index >= 15 is 0 Å². The third-order valence-electron chi connectivity index (χ3n) is 4.16. The van der Waals surface area contributed by atoms with Crippen LogP contribution in [0.4, 0.5) is 0 Å². The monoisotopic (exact) mass is 286 g/mol. The van der Waals surface area contributed by atoms with E-state index in [1.54, 1.807) is 0 Å². The van der Waals surface area contributed by atoms with Gasteiger partial charge in [-0.15, -0.1) is 0 Å². The molecule has 5 nitrogen and oxygen atoms in total. The molecule has 3 rings (SSSR count). The van der Waals surface area contributed by atoms with Crippen molar-refractivity contribution in [3.63, 3.8) is 0 Å². The topological polar surface area (TPSA) is 62.5 Å². The lowest BCUT2D eigenvalue weighted by atomic mass is 10.1. The van der Waals surface area contributed by atoms with Crippen molar-refractivity contribution in [2.75, 3.05) is 6.54 Å². The number of fused-ring (bicyclic) bond motifs is 1. The number of para-hydroxylation sites is 1. The van der Waals surface area contributed by atoms with Crippen LogP contribution in [0.2, 0.25) is 0 Å². The zero-order chi connectivity index (χ0) is 15.0. The van der Waals surface area contributed by atoms with Crippen LogP contribution < -0.4 is 0 Å². The van der Waals surface area contributed by atoms with E-state index < -0.39 is 12.0 Å². The Morgan fingerprint density at radius 1 is 1.33 bits per heavy atom. The van der Waals surface area contributed by atoms with E-state index in [0.717, 1.165) is 23.9 Å². The highest BCUT2D eigenvalue weighted by atomic mass is 16.4. The van der Waals surface area contributed by atoms with Gasteiger partial charge in [0.15, 0.2) is 0 Å². The molecule has 0 spiro atoms. The first-order chi connectivity index (χ1) is 10.1. The highest BCUT2D eigenvalue weighted by molar-refractivity contribution is 6.08. The molecule has 1 fully saturated rings. The molecule has 2 heterocycles. The van der Waals surface area contributed by atoms with Gasteiger partial charge in [-0.05, 0) is 25.8 Å². The van der Waals surface area contributed by atoms with Gasteiger partial charge >= 0.3 is 5.97 Å². The standard InChI is InChI=1S/C16H18N2O3/c1-2-17-10-12(11-6-3-4-7-13(11)17)15(19)18-9-5-8-14(18)16(20)21/h3-4,6-7,10,14H,2,5,8-9H2,1H3,(H,20,21)/t14-/m0/s1. The van der Waals surface area contributed by atoms with E-state index in [2.05, 4.69) is 0 Å². The molecule has 1 aliphatic heterocycles. The van der Waals surface area contributed by atoms with Crippen molar-refractivity contribution >= 4 is 22.8 Å². The van der Waals surface area contributed by atoms with Gasteiger partial charge in [-0.1, -0.05) is 18.2 Å². The minimum Gasteiger partial charge on any atom is -0.480 e. The van der Waals surface area contributed by atoms with Crippen molar-refractivity contribution in [1.29, 1.82) is 0 Å². The van der Waals surface area contributed by atoms with Crippen LogP contribution in [0.15, 0.2) is 30.5 Å². The normalized spacial score (nSPS) is 18.3. The Hall–Kier alpha value is -2.30. The summed E-state index contributed by atoms with van der Waals surface area (Å²) in [7, 11) is 0. The van der Waals surface area contributed by atoms with Crippen molar-refractivity contribution in [1.82, 2.24) is 9.47 Å². The Balaban J connectivity index is 2.04. The number of hydrogen-bond acceptors (Lipinski definition) is 2. The second-order valence-corrected chi connectivity index (χ2v) is 5.34. The van der Waals surface area contributed by atoms with Crippen molar-refractivity contribution in [2.45, 2.75) is 32.4 Å². The van der Waals surface area contributed by atoms with E-state index in [-0.39, 0.29) is 5.91 Å². The van der Waals surface area contributed by atoms with Gasteiger partial charge in [-0.2, -0.15) is 0 Å². The van der Waals surface area contributed by atoms with Crippen molar-refractivity contribution < 1.29 is 14.7 Å². The highest BCUT2D eigenvalue weighted by Crippen LogP contribution is 2.26. The molecule has 1 amide bonds. The maximum atomic E-state index is 12.8. The van der Waals surface area contributed by atoms with Gasteiger partial charge in [0.25, 0.3) is 5.91 Å². The van der Waals surface area contributed by atoms with Gasteiger partial charge in [-0.25, -0.2) is 4.79 Å². The molecule has 21 heavy (non-hydrogen) atoms. The van der Waals surface area contributed by atoms with Crippen LogP contribution in [0.3, 0.4) is 0 Å². The summed E-state index contributed by atoms with van der Waals surface area (Å²) in [5.74, 6) is -1.09. The number of likely N-dealkylation sites (tertiary alicyclic amines) is 1. The van der Waals surface area contributed by atoms with Crippen LogP contribution in [-0.2, 0) is 11.3 Å². The van der Waals surface area contributed by atoms with Crippen molar-refractivity contribution in [3.8, 4) is 0 Å². The summed E-state index contributed by atoms with van der Waals surface area (Å²) in [6.07, 6.45) is 3.12. The van der Waals surface area contributed by atoms with Crippen LogP contribution in [0.5, 0.6) is 0 Å². The minimum atomic E-state index is -0.917. The molecule has 110 valence electrons. The van der Waals surface area contributed by atoms with E-state index in [1.165, 1.54) is 4.90 Å². The number of aryl methyl sites for hydroxylation is 1. The van der Waals surface area contributed by atoms with Crippen LogP contribution in [0, 0.1) is 0 Å². The Bertz CT molecular complexity index is 705. The van der Waals surface area contributed by atoms with Gasteiger partial charge in [0.05, 0.1) is 5.56 Å². The molecule has 1 aromatic heterocycles. The zero-order valence-electron chi connectivity index (χ0n) is 12.0. The summed E-state index contributed by atoms with van der Waals surface area (Å²) in [6, 6.07) is 7.05. The summed E-state index contributed by atoms with van der Waals surface area (Å²) < 4.78 is 2.02. The summed E-state index contributed by atoms with van der Waals surface area (Å²) in [4.78, 5) is 25.5. The predicted octanol–water partition coefficient (Wildman–Crippen LogP) is 2.35. The molecule has 0 saturated carbocycles. The van der Waals surface area contributed by atoms with Gasteiger partial charge in [-0.3, -0.25) is 4.79 Å². The van der Waals surface area contributed by atoms with Gasteiger partial charge in [0.2, 0.25) is 0 Å². The third kappa shape index (κ3) is 2.18. The number of carboxylic acid groups (broad SMARTS) is 1. The number of aromatic nitrogens is 1. The second kappa shape index (κ2) is 5.24. The molecular formula is C16H18N2O3. The van der Waals surface area contributed by atoms with Gasteiger partial charge in [0, 0.05) is 30.2 Å². The summed E-state index contributed by atoms with van der Waals surface area (Å²) in [5, 5.41) is 10.1. The average molecular weight is 286 g/mol. The molecule has 1 aliphatic rings. The number of aliphatic carboxylic acids is 1. The summed E-state index contributed by atoms with van der Waals surface area (Å²) in [5.41, 5.74) is 1.61. The number of carbonyl (C=O) groups is 2. The van der Waals surface area contributed by atoms with E-state index in [9.17, 15) is 14.7 Å². The quantitative estimate of drug-likeness (QED) is 0.942. The predicted molar refractivity (Wildman–Crippen MR) is 79.3 cm³/mol.